The van der Waals surface area contributed by atoms with Crippen LogP contribution in [-0.4, -0.2) is 18.1 Å². The molecule has 2 nitrogen and oxygen atoms in total. The van der Waals surface area contributed by atoms with Crippen LogP contribution in [0.4, 0.5) is 5.69 Å². The molecule has 98 valence electrons. The number of anilines is 1. The van der Waals surface area contributed by atoms with Gasteiger partial charge in [-0.05, 0) is 44.7 Å². The fourth-order valence-corrected chi connectivity index (χ4v) is 2.67. The Balaban J connectivity index is 2.25. The summed E-state index contributed by atoms with van der Waals surface area (Å²) in [6, 6.07) is 6.40. The Kier molecular flexibility index (Phi) is 4.23. The Morgan fingerprint density at radius 1 is 1.44 bits per heavy atom. The summed E-state index contributed by atoms with van der Waals surface area (Å²) < 4.78 is 0. The van der Waals surface area contributed by atoms with E-state index in [1.165, 1.54) is 30.5 Å². The Labute approximate surface area is 115 Å². The number of aryl methyl sites for hydroxylation is 1. The third kappa shape index (κ3) is 2.83. The van der Waals surface area contributed by atoms with Gasteiger partial charge in [0.05, 0.1) is 0 Å². The normalized spacial score (nSPS) is 15.2. The van der Waals surface area contributed by atoms with Gasteiger partial charge < -0.3 is 10.6 Å². The topological polar surface area (TPSA) is 29.3 Å². The third-order valence-corrected chi connectivity index (χ3v) is 4.06. The Morgan fingerprint density at radius 2 is 2.17 bits per heavy atom. The summed E-state index contributed by atoms with van der Waals surface area (Å²) in [5.74, 6) is 0.852. The summed E-state index contributed by atoms with van der Waals surface area (Å²) in [4.78, 5) is 2.92. The van der Waals surface area contributed by atoms with E-state index in [-0.39, 0.29) is 0 Å². The zero-order chi connectivity index (χ0) is 13.1. The lowest BCUT2D eigenvalue weighted by atomic mass is 9.85. The average molecular weight is 262 g/mol. The van der Waals surface area contributed by atoms with E-state index >= 15 is 0 Å². The van der Waals surface area contributed by atoms with Gasteiger partial charge in [-0.25, -0.2) is 0 Å². The lowest BCUT2D eigenvalue weighted by molar-refractivity contribution is 0.318. The van der Waals surface area contributed by atoms with Crippen LogP contribution in [0.5, 0.6) is 0 Å². The molecule has 0 amide bonds. The van der Waals surface area contributed by atoms with Crippen molar-refractivity contribution in [2.75, 3.05) is 18.0 Å². The van der Waals surface area contributed by atoms with Crippen molar-refractivity contribution < 1.29 is 0 Å². The number of benzene rings is 1. The van der Waals surface area contributed by atoms with Gasteiger partial charge in [0, 0.05) is 24.3 Å². The predicted octanol–water partition coefficient (Wildman–Crippen LogP) is 3.26. The largest absolute Gasteiger partial charge is 0.389 e. The van der Waals surface area contributed by atoms with Crippen LogP contribution < -0.4 is 10.6 Å². The maximum absolute atomic E-state index is 5.86. The van der Waals surface area contributed by atoms with Crippen molar-refractivity contribution in [3.63, 3.8) is 0 Å². The summed E-state index contributed by atoms with van der Waals surface area (Å²) in [7, 11) is 0. The van der Waals surface area contributed by atoms with E-state index in [0.717, 1.165) is 24.6 Å². The van der Waals surface area contributed by atoms with Gasteiger partial charge in [0.15, 0.2) is 0 Å². The Bertz CT molecular complexity index is 438. The van der Waals surface area contributed by atoms with Crippen LogP contribution in [-0.2, 0) is 0 Å². The fourth-order valence-electron chi connectivity index (χ4n) is 2.51. The Hall–Kier alpha value is -1.09. The molecule has 0 aliphatic heterocycles. The van der Waals surface area contributed by atoms with Gasteiger partial charge in [-0.3, -0.25) is 0 Å². The molecule has 1 saturated carbocycles. The SMILES string of the molecule is CCN(CC1CCC1)c1ccc(C)cc1C(N)=S. The van der Waals surface area contributed by atoms with Crippen molar-refractivity contribution in [2.45, 2.75) is 33.1 Å². The van der Waals surface area contributed by atoms with Gasteiger partial charge in [-0.2, -0.15) is 0 Å². The first-order valence-electron chi connectivity index (χ1n) is 6.77. The molecule has 1 aromatic carbocycles. The van der Waals surface area contributed by atoms with E-state index in [1.54, 1.807) is 0 Å². The molecule has 0 atom stereocenters. The van der Waals surface area contributed by atoms with Gasteiger partial charge in [0.1, 0.15) is 4.99 Å². The molecule has 0 bridgehead atoms. The molecule has 1 fully saturated rings. The van der Waals surface area contributed by atoms with Gasteiger partial charge in [0.25, 0.3) is 0 Å². The molecule has 0 saturated heterocycles. The molecule has 1 aliphatic rings. The van der Waals surface area contributed by atoms with Crippen LogP contribution in [0.1, 0.15) is 37.3 Å². The molecule has 0 spiro atoms. The quantitative estimate of drug-likeness (QED) is 0.826. The Morgan fingerprint density at radius 3 is 2.67 bits per heavy atom. The first kappa shape index (κ1) is 13.3. The second kappa shape index (κ2) is 5.70. The van der Waals surface area contributed by atoms with Gasteiger partial charge in [-0.1, -0.05) is 30.3 Å². The van der Waals surface area contributed by atoms with Gasteiger partial charge >= 0.3 is 0 Å². The zero-order valence-electron chi connectivity index (χ0n) is 11.3. The van der Waals surface area contributed by atoms with E-state index in [1.807, 2.05) is 0 Å². The average Bonchev–Trinajstić information content (AvgIpc) is 2.28. The van der Waals surface area contributed by atoms with Crippen molar-refractivity contribution >= 4 is 22.9 Å². The summed E-state index contributed by atoms with van der Waals surface area (Å²) >= 11 is 5.18. The van der Waals surface area contributed by atoms with Crippen LogP contribution in [0.2, 0.25) is 0 Å². The highest BCUT2D eigenvalue weighted by molar-refractivity contribution is 7.80. The summed E-state index contributed by atoms with van der Waals surface area (Å²) in [5, 5.41) is 0. The fraction of sp³-hybridized carbons (Fsp3) is 0.533. The summed E-state index contributed by atoms with van der Waals surface area (Å²) in [6.45, 7) is 6.42. The molecule has 0 unspecified atom stereocenters. The minimum atomic E-state index is 0.501. The van der Waals surface area contributed by atoms with E-state index in [9.17, 15) is 0 Å². The van der Waals surface area contributed by atoms with Crippen molar-refractivity contribution in [1.82, 2.24) is 0 Å². The molecule has 0 aromatic heterocycles. The first-order valence-corrected chi connectivity index (χ1v) is 7.18. The number of hydrogen-bond acceptors (Lipinski definition) is 2. The molecular formula is C15H22N2S. The van der Waals surface area contributed by atoms with E-state index < -0.39 is 0 Å². The minimum absolute atomic E-state index is 0.501. The highest BCUT2D eigenvalue weighted by Gasteiger charge is 2.21. The maximum atomic E-state index is 5.86. The number of hydrogen-bond donors (Lipinski definition) is 1. The monoisotopic (exact) mass is 262 g/mol. The molecule has 1 aromatic rings. The standard InChI is InChI=1S/C15H22N2S/c1-3-17(10-12-5-4-6-12)14-8-7-11(2)9-13(14)15(16)18/h7-9,12H,3-6,10H2,1-2H3,(H2,16,18). The smallest absolute Gasteiger partial charge is 0.106 e. The van der Waals surface area contributed by atoms with Crippen LogP contribution in [0.25, 0.3) is 0 Å². The van der Waals surface area contributed by atoms with Crippen LogP contribution >= 0.6 is 12.2 Å². The van der Waals surface area contributed by atoms with Gasteiger partial charge in [0.2, 0.25) is 0 Å². The van der Waals surface area contributed by atoms with Crippen LogP contribution in [0, 0.1) is 12.8 Å². The number of thiocarbonyl (C=S) groups is 1. The second-order valence-electron chi connectivity index (χ2n) is 5.22. The molecule has 3 heteroatoms. The second-order valence-corrected chi connectivity index (χ2v) is 5.66. The molecule has 2 rings (SSSR count). The lowest BCUT2D eigenvalue weighted by Crippen LogP contribution is -2.33. The first-order chi connectivity index (χ1) is 8.61. The lowest BCUT2D eigenvalue weighted by Gasteiger charge is -2.34. The highest BCUT2D eigenvalue weighted by Crippen LogP contribution is 2.30. The number of nitrogens with zero attached hydrogens (tertiary/aromatic N) is 1. The van der Waals surface area contributed by atoms with Gasteiger partial charge in [-0.15, -0.1) is 0 Å². The van der Waals surface area contributed by atoms with Crippen molar-refractivity contribution in [3.8, 4) is 0 Å². The molecule has 1 aliphatic carbocycles. The molecular weight excluding hydrogens is 240 g/mol. The van der Waals surface area contributed by atoms with E-state index in [0.29, 0.717) is 4.99 Å². The van der Waals surface area contributed by atoms with Crippen molar-refractivity contribution in [2.24, 2.45) is 11.7 Å². The van der Waals surface area contributed by atoms with Crippen molar-refractivity contribution in [1.29, 1.82) is 0 Å². The minimum Gasteiger partial charge on any atom is -0.389 e. The summed E-state index contributed by atoms with van der Waals surface area (Å²) in [6.07, 6.45) is 4.12. The molecule has 0 radical (unpaired) electrons. The number of nitrogens with two attached hydrogens (primary N) is 1. The van der Waals surface area contributed by atoms with Crippen LogP contribution in [0.15, 0.2) is 18.2 Å². The summed E-state index contributed by atoms with van der Waals surface area (Å²) in [5.41, 5.74) is 9.28. The maximum Gasteiger partial charge on any atom is 0.106 e. The molecule has 18 heavy (non-hydrogen) atoms. The van der Waals surface area contributed by atoms with Crippen LogP contribution in [0.3, 0.4) is 0 Å². The third-order valence-electron chi connectivity index (χ3n) is 3.84. The number of rotatable bonds is 5. The predicted molar refractivity (Wildman–Crippen MR) is 82.3 cm³/mol. The van der Waals surface area contributed by atoms with Crippen molar-refractivity contribution in [3.05, 3.63) is 29.3 Å². The molecule has 2 N–H and O–H groups in total. The highest BCUT2D eigenvalue weighted by atomic mass is 32.1. The van der Waals surface area contributed by atoms with E-state index in [4.69, 9.17) is 18.0 Å². The molecule has 0 heterocycles. The zero-order valence-corrected chi connectivity index (χ0v) is 12.1. The van der Waals surface area contributed by atoms with E-state index in [2.05, 4.69) is 36.9 Å².